The van der Waals surface area contributed by atoms with Gasteiger partial charge in [0.2, 0.25) is 0 Å². The number of aryl methyl sites for hydroxylation is 1. The van der Waals surface area contributed by atoms with Crippen molar-refractivity contribution in [2.45, 2.75) is 13.5 Å². The second-order valence-electron chi connectivity index (χ2n) is 3.78. The van der Waals surface area contributed by atoms with Crippen LogP contribution in [0, 0.1) is 6.92 Å². The van der Waals surface area contributed by atoms with Gasteiger partial charge in [0, 0.05) is 6.07 Å². The van der Waals surface area contributed by atoms with Crippen LogP contribution in [-0.2, 0) is 6.61 Å². The Labute approximate surface area is 95.1 Å². The number of ether oxygens (including phenoxy) is 1. The molecule has 2 aromatic carbocycles. The monoisotopic (exact) mass is 214 g/mol. The van der Waals surface area contributed by atoms with Crippen molar-refractivity contribution < 1.29 is 9.84 Å². The maximum Gasteiger partial charge on any atom is 0.123 e. The van der Waals surface area contributed by atoms with Gasteiger partial charge in [0.25, 0.3) is 0 Å². The van der Waals surface area contributed by atoms with E-state index < -0.39 is 0 Å². The Balaban J connectivity index is 2.02. The van der Waals surface area contributed by atoms with E-state index in [4.69, 9.17) is 4.74 Å². The van der Waals surface area contributed by atoms with E-state index in [-0.39, 0.29) is 5.75 Å². The Morgan fingerprint density at radius 1 is 1.06 bits per heavy atom. The first-order valence-electron chi connectivity index (χ1n) is 5.21. The van der Waals surface area contributed by atoms with Crippen LogP contribution < -0.4 is 4.74 Å². The molecular formula is C14H14O2. The first-order valence-corrected chi connectivity index (χ1v) is 5.21. The highest BCUT2D eigenvalue weighted by molar-refractivity contribution is 5.32. The van der Waals surface area contributed by atoms with Crippen molar-refractivity contribution in [1.29, 1.82) is 0 Å². The fourth-order valence-corrected chi connectivity index (χ4v) is 1.54. The van der Waals surface area contributed by atoms with Gasteiger partial charge in [-0.3, -0.25) is 0 Å². The minimum absolute atomic E-state index is 0.224. The molecule has 0 heterocycles. The van der Waals surface area contributed by atoms with Crippen molar-refractivity contribution in [2.24, 2.45) is 0 Å². The Kier molecular flexibility index (Phi) is 3.10. The van der Waals surface area contributed by atoms with Crippen LogP contribution in [0.3, 0.4) is 0 Å². The van der Waals surface area contributed by atoms with Crippen molar-refractivity contribution in [1.82, 2.24) is 0 Å². The van der Waals surface area contributed by atoms with Gasteiger partial charge in [0.1, 0.15) is 18.1 Å². The lowest BCUT2D eigenvalue weighted by molar-refractivity contribution is 0.304. The molecule has 0 radical (unpaired) electrons. The highest BCUT2D eigenvalue weighted by Gasteiger charge is 1.97. The van der Waals surface area contributed by atoms with Gasteiger partial charge >= 0.3 is 0 Å². The first-order chi connectivity index (χ1) is 7.74. The van der Waals surface area contributed by atoms with Crippen LogP contribution in [0.2, 0.25) is 0 Å². The minimum Gasteiger partial charge on any atom is -0.508 e. The lowest BCUT2D eigenvalue weighted by Crippen LogP contribution is -1.95. The molecule has 0 aliphatic rings. The summed E-state index contributed by atoms with van der Waals surface area (Å²) in [5, 5.41) is 9.27. The fourth-order valence-electron chi connectivity index (χ4n) is 1.54. The van der Waals surface area contributed by atoms with E-state index in [1.54, 1.807) is 18.2 Å². The lowest BCUT2D eigenvalue weighted by atomic mass is 10.1. The number of phenolic OH excluding ortho intramolecular Hbond substituents is 1. The largest absolute Gasteiger partial charge is 0.508 e. The SMILES string of the molecule is Cc1cccc(COc2cccc(O)c2)c1. The lowest BCUT2D eigenvalue weighted by Gasteiger charge is -2.06. The summed E-state index contributed by atoms with van der Waals surface area (Å²) in [7, 11) is 0. The molecule has 0 fully saturated rings. The van der Waals surface area contributed by atoms with Crippen LogP contribution in [0.25, 0.3) is 0 Å². The Morgan fingerprint density at radius 2 is 1.88 bits per heavy atom. The van der Waals surface area contributed by atoms with E-state index in [0.717, 1.165) is 5.56 Å². The molecule has 0 aliphatic carbocycles. The smallest absolute Gasteiger partial charge is 0.123 e. The van der Waals surface area contributed by atoms with Crippen molar-refractivity contribution >= 4 is 0 Å². The van der Waals surface area contributed by atoms with Gasteiger partial charge in [-0.2, -0.15) is 0 Å². The number of phenols is 1. The number of hydrogen-bond acceptors (Lipinski definition) is 2. The average molecular weight is 214 g/mol. The number of aromatic hydroxyl groups is 1. The molecule has 2 rings (SSSR count). The van der Waals surface area contributed by atoms with Crippen LogP contribution >= 0.6 is 0 Å². The Hall–Kier alpha value is -1.96. The summed E-state index contributed by atoms with van der Waals surface area (Å²) in [6.45, 7) is 2.57. The third kappa shape index (κ3) is 2.76. The normalized spacial score (nSPS) is 10.1. The van der Waals surface area contributed by atoms with Crippen LogP contribution in [0.1, 0.15) is 11.1 Å². The van der Waals surface area contributed by atoms with Gasteiger partial charge in [-0.25, -0.2) is 0 Å². The van der Waals surface area contributed by atoms with Crippen LogP contribution in [0.15, 0.2) is 48.5 Å². The van der Waals surface area contributed by atoms with Gasteiger partial charge < -0.3 is 9.84 Å². The van der Waals surface area contributed by atoms with Gasteiger partial charge in [0.15, 0.2) is 0 Å². The third-order valence-corrected chi connectivity index (χ3v) is 2.31. The third-order valence-electron chi connectivity index (χ3n) is 2.31. The predicted octanol–water partition coefficient (Wildman–Crippen LogP) is 3.28. The number of hydrogen-bond donors (Lipinski definition) is 1. The van der Waals surface area contributed by atoms with E-state index in [2.05, 4.69) is 19.1 Å². The average Bonchev–Trinajstić information content (AvgIpc) is 2.27. The maximum atomic E-state index is 9.27. The van der Waals surface area contributed by atoms with E-state index in [1.165, 1.54) is 5.56 Å². The molecule has 0 spiro atoms. The summed E-state index contributed by atoms with van der Waals surface area (Å²) in [5.74, 6) is 0.906. The summed E-state index contributed by atoms with van der Waals surface area (Å²) < 4.78 is 5.57. The zero-order valence-corrected chi connectivity index (χ0v) is 9.18. The molecule has 0 aromatic heterocycles. The van der Waals surface area contributed by atoms with E-state index >= 15 is 0 Å². The number of rotatable bonds is 3. The molecular weight excluding hydrogens is 200 g/mol. The fraction of sp³-hybridized carbons (Fsp3) is 0.143. The molecule has 0 bridgehead atoms. The molecule has 2 nitrogen and oxygen atoms in total. The minimum atomic E-state index is 0.224. The summed E-state index contributed by atoms with van der Waals surface area (Å²) in [5.41, 5.74) is 2.35. The van der Waals surface area contributed by atoms with Crippen LogP contribution in [0.4, 0.5) is 0 Å². The standard InChI is InChI=1S/C14H14O2/c1-11-4-2-5-12(8-11)10-16-14-7-3-6-13(15)9-14/h2-9,15H,10H2,1H3. The summed E-state index contributed by atoms with van der Waals surface area (Å²) in [6, 6.07) is 15.0. The molecule has 0 saturated carbocycles. The quantitative estimate of drug-likeness (QED) is 0.849. The Bertz CT molecular complexity index is 432. The van der Waals surface area contributed by atoms with E-state index in [9.17, 15) is 5.11 Å². The number of benzene rings is 2. The molecule has 0 unspecified atom stereocenters. The first kappa shape index (κ1) is 10.6. The highest BCUT2D eigenvalue weighted by atomic mass is 16.5. The predicted molar refractivity (Wildman–Crippen MR) is 63.6 cm³/mol. The molecule has 0 saturated heterocycles. The van der Waals surface area contributed by atoms with E-state index in [1.807, 2.05) is 18.2 Å². The van der Waals surface area contributed by atoms with Crippen LogP contribution in [-0.4, -0.2) is 5.11 Å². The summed E-state index contributed by atoms with van der Waals surface area (Å²) in [4.78, 5) is 0. The molecule has 16 heavy (non-hydrogen) atoms. The van der Waals surface area contributed by atoms with Gasteiger partial charge in [-0.05, 0) is 24.6 Å². The van der Waals surface area contributed by atoms with Crippen molar-refractivity contribution in [3.05, 3.63) is 59.7 Å². The van der Waals surface area contributed by atoms with Gasteiger partial charge in [0.05, 0.1) is 0 Å². The summed E-state index contributed by atoms with van der Waals surface area (Å²) >= 11 is 0. The zero-order valence-electron chi connectivity index (χ0n) is 9.18. The maximum absolute atomic E-state index is 9.27. The van der Waals surface area contributed by atoms with Gasteiger partial charge in [-0.1, -0.05) is 35.9 Å². The Morgan fingerprint density at radius 3 is 2.62 bits per heavy atom. The topological polar surface area (TPSA) is 29.5 Å². The molecule has 1 N–H and O–H groups in total. The summed E-state index contributed by atoms with van der Waals surface area (Å²) in [6.07, 6.45) is 0. The molecule has 2 aromatic rings. The van der Waals surface area contributed by atoms with Crippen molar-refractivity contribution in [2.75, 3.05) is 0 Å². The molecule has 82 valence electrons. The van der Waals surface area contributed by atoms with Crippen molar-refractivity contribution in [3.8, 4) is 11.5 Å². The zero-order chi connectivity index (χ0) is 11.4. The van der Waals surface area contributed by atoms with Crippen molar-refractivity contribution in [3.63, 3.8) is 0 Å². The molecule has 0 aliphatic heterocycles. The highest BCUT2D eigenvalue weighted by Crippen LogP contribution is 2.19. The molecule has 2 heteroatoms. The van der Waals surface area contributed by atoms with Crippen LogP contribution in [0.5, 0.6) is 11.5 Å². The van der Waals surface area contributed by atoms with Gasteiger partial charge in [-0.15, -0.1) is 0 Å². The molecule has 0 atom stereocenters. The second-order valence-corrected chi connectivity index (χ2v) is 3.78. The van der Waals surface area contributed by atoms with E-state index in [0.29, 0.717) is 12.4 Å². The molecule has 0 amide bonds. The second kappa shape index (κ2) is 4.71.